The summed E-state index contributed by atoms with van der Waals surface area (Å²) in [5, 5.41) is 2.76. The summed E-state index contributed by atoms with van der Waals surface area (Å²) in [6.45, 7) is 0.318. The number of ether oxygens (including phenoxy) is 1. The van der Waals surface area contributed by atoms with Crippen molar-refractivity contribution >= 4 is 29.3 Å². The molecule has 7 nitrogen and oxygen atoms in total. The van der Waals surface area contributed by atoms with Gasteiger partial charge in [0.25, 0.3) is 5.91 Å². The van der Waals surface area contributed by atoms with Crippen molar-refractivity contribution in [3.63, 3.8) is 0 Å². The van der Waals surface area contributed by atoms with E-state index < -0.39 is 17.7 Å². The monoisotopic (exact) mass is 438 g/mol. The molecule has 166 valence electrons. The standard InChI is InChI=1S/C24H23FN2O5/c25-19-7-3-15(4-8-19)23(30)27-11-1-2-18(13-27)24(31)32-14-21(28)17-5-9-20-16(12-17)6-10-22(29)26-20/h3-5,7-9,12,18H,1-2,6,10-11,13-14H2,(H,26,29)/t18-/m0/s1. The van der Waals surface area contributed by atoms with Crippen LogP contribution < -0.4 is 5.32 Å². The number of hydrogen-bond donors (Lipinski definition) is 1. The zero-order valence-corrected chi connectivity index (χ0v) is 17.4. The van der Waals surface area contributed by atoms with Gasteiger partial charge in [0.2, 0.25) is 5.91 Å². The fourth-order valence-corrected chi connectivity index (χ4v) is 4.02. The molecular formula is C24H23FN2O5. The topological polar surface area (TPSA) is 92.8 Å². The van der Waals surface area contributed by atoms with Crippen LogP contribution >= 0.6 is 0 Å². The number of fused-ring (bicyclic) bond motifs is 1. The van der Waals surface area contributed by atoms with E-state index in [4.69, 9.17) is 4.74 Å². The first-order valence-electron chi connectivity index (χ1n) is 10.6. The number of aryl methyl sites for hydroxylation is 1. The average molecular weight is 438 g/mol. The molecule has 0 spiro atoms. The highest BCUT2D eigenvalue weighted by atomic mass is 19.1. The summed E-state index contributed by atoms with van der Waals surface area (Å²) in [6, 6.07) is 10.3. The van der Waals surface area contributed by atoms with Crippen LogP contribution in [0.4, 0.5) is 10.1 Å². The normalized spacial score (nSPS) is 17.8. The van der Waals surface area contributed by atoms with Crippen molar-refractivity contribution in [2.75, 3.05) is 25.0 Å². The quantitative estimate of drug-likeness (QED) is 0.572. The summed E-state index contributed by atoms with van der Waals surface area (Å²) in [4.78, 5) is 50.7. The first kappa shape index (κ1) is 21.7. The minimum absolute atomic E-state index is 0.0510. The Morgan fingerprint density at radius 3 is 2.59 bits per heavy atom. The van der Waals surface area contributed by atoms with Crippen molar-refractivity contribution < 1.29 is 28.3 Å². The van der Waals surface area contributed by atoms with Gasteiger partial charge in [-0.05, 0) is 67.3 Å². The Bertz CT molecular complexity index is 1070. The number of hydrogen-bond acceptors (Lipinski definition) is 5. The van der Waals surface area contributed by atoms with Crippen LogP contribution in [0.15, 0.2) is 42.5 Å². The summed E-state index contributed by atoms with van der Waals surface area (Å²) in [7, 11) is 0. The second-order valence-electron chi connectivity index (χ2n) is 8.05. The van der Waals surface area contributed by atoms with E-state index in [0.717, 1.165) is 5.56 Å². The third kappa shape index (κ3) is 4.85. The van der Waals surface area contributed by atoms with E-state index in [-0.39, 0.29) is 30.7 Å². The van der Waals surface area contributed by atoms with Gasteiger partial charge in [-0.2, -0.15) is 0 Å². The minimum Gasteiger partial charge on any atom is -0.457 e. The highest BCUT2D eigenvalue weighted by molar-refractivity contribution is 6.00. The summed E-state index contributed by atoms with van der Waals surface area (Å²) in [6.07, 6.45) is 2.13. The number of nitrogens with one attached hydrogen (secondary N) is 1. The summed E-state index contributed by atoms with van der Waals surface area (Å²) >= 11 is 0. The lowest BCUT2D eigenvalue weighted by atomic mass is 9.97. The van der Waals surface area contributed by atoms with Crippen LogP contribution in [-0.2, 0) is 20.7 Å². The van der Waals surface area contributed by atoms with E-state index in [1.54, 1.807) is 23.1 Å². The zero-order chi connectivity index (χ0) is 22.7. The smallest absolute Gasteiger partial charge is 0.311 e. The third-order valence-corrected chi connectivity index (χ3v) is 5.80. The van der Waals surface area contributed by atoms with Crippen molar-refractivity contribution in [3.05, 3.63) is 65.0 Å². The molecule has 1 fully saturated rings. The van der Waals surface area contributed by atoms with E-state index in [2.05, 4.69) is 5.32 Å². The van der Waals surface area contributed by atoms with Crippen molar-refractivity contribution in [2.45, 2.75) is 25.7 Å². The number of anilines is 1. The molecule has 1 saturated heterocycles. The van der Waals surface area contributed by atoms with E-state index in [0.29, 0.717) is 49.0 Å². The van der Waals surface area contributed by atoms with Gasteiger partial charge in [-0.1, -0.05) is 0 Å². The predicted octanol–water partition coefficient (Wildman–Crippen LogP) is 2.99. The average Bonchev–Trinajstić information content (AvgIpc) is 2.82. The number of carbonyl (C=O) groups excluding carboxylic acids is 4. The predicted molar refractivity (Wildman–Crippen MR) is 114 cm³/mol. The Hall–Kier alpha value is -3.55. The number of halogens is 1. The molecule has 1 N–H and O–H groups in total. The Balaban J connectivity index is 1.32. The van der Waals surface area contributed by atoms with Gasteiger partial charge in [0.15, 0.2) is 12.4 Å². The maximum absolute atomic E-state index is 13.1. The van der Waals surface area contributed by atoms with Gasteiger partial charge in [0.05, 0.1) is 5.92 Å². The van der Waals surface area contributed by atoms with Crippen LogP contribution in [0.5, 0.6) is 0 Å². The molecule has 2 aromatic carbocycles. The third-order valence-electron chi connectivity index (χ3n) is 5.80. The fourth-order valence-electron chi connectivity index (χ4n) is 4.02. The van der Waals surface area contributed by atoms with Crippen LogP contribution in [0.3, 0.4) is 0 Å². The lowest BCUT2D eigenvalue weighted by Crippen LogP contribution is -2.43. The lowest BCUT2D eigenvalue weighted by Gasteiger charge is -2.31. The molecule has 2 amide bonds. The SMILES string of the molecule is O=C1CCc2cc(C(=O)COC(=O)[C@H]3CCCN(C(=O)c4ccc(F)cc4)C3)ccc2N1. The second-order valence-corrected chi connectivity index (χ2v) is 8.05. The van der Waals surface area contributed by atoms with Crippen molar-refractivity contribution in [3.8, 4) is 0 Å². The first-order chi connectivity index (χ1) is 15.4. The maximum Gasteiger partial charge on any atom is 0.311 e. The molecule has 0 radical (unpaired) electrons. The van der Waals surface area contributed by atoms with Crippen LogP contribution in [0, 0.1) is 11.7 Å². The molecule has 2 aliphatic rings. The van der Waals surface area contributed by atoms with E-state index in [9.17, 15) is 23.6 Å². The number of piperidine rings is 1. The number of ketones is 1. The van der Waals surface area contributed by atoms with Crippen molar-refractivity contribution in [1.82, 2.24) is 4.90 Å². The Morgan fingerprint density at radius 1 is 1.06 bits per heavy atom. The summed E-state index contributed by atoms with van der Waals surface area (Å²) < 4.78 is 18.4. The number of nitrogens with zero attached hydrogens (tertiary/aromatic N) is 1. The number of carbonyl (C=O) groups is 4. The molecule has 2 aliphatic heterocycles. The number of rotatable bonds is 5. The highest BCUT2D eigenvalue weighted by Gasteiger charge is 2.30. The number of Topliss-reactive ketones (excluding diaryl/α,β-unsaturated/α-hetero) is 1. The number of amides is 2. The van der Waals surface area contributed by atoms with E-state index in [1.165, 1.54) is 24.3 Å². The van der Waals surface area contributed by atoms with Crippen molar-refractivity contribution in [1.29, 1.82) is 0 Å². The molecule has 1 atom stereocenters. The van der Waals surface area contributed by atoms with Gasteiger partial charge in [-0.25, -0.2) is 4.39 Å². The fraction of sp³-hybridized carbons (Fsp3) is 0.333. The molecule has 4 rings (SSSR count). The molecule has 0 saturated carbocycles. The Morgan fingerprint density at radius 2 is 1.81 bits per heavy atom. The molecule has 2 aromatic rings. The maximum atomic E-state index is 13.1. The minimum atomic E-state index is -0.514. The number of benzene rings is 2. The van der Waals surface area contributed by atoms with Crippen LogP contribution in [-0.4, -0.2) is 48.2 Å². The van der Waals surface area contributed by atoms with Crippen LogP contribution in [0.2, 0.25) is 0 Å². The molecule has 8 heteroatoms. The van der Waals surface area contributed by atoms with E-state index >= 15 is 0 Å². The highest BCUT2D eigenvalue weighted by Crippen LogP contribution is 2.24. The summed E-state index contributed by atoms with van der Waals surface area (Å²) in [5.74, 6) is -2.09. The van der Waals surface area contributed by atoms with Gasteiger partial charge >= 0.3 is 5.97 Å². The van der Waals surface area contributed by atoms with E-state index in [1.807, 2.05) is 0 Å². The second kappa shape index (κ2) is 9.30. The molecule has 32 heavy (non-hydrogen) atoms. The first-order valence-corrected chi connectivity index (χ1v) is 10.6. The molecule has 0 bridgehead atoms. The van der Waals surface area contributed by atoms with Gasteiger partial charge in [0, 0.05) is 36.3 Å². The number of esters is 1. The molecule has 0 unspecified atom stereocenters. The van der Waals surface area contributed by atoms with Gasteiger partial charge in [-0.15, -0.1) is 0 Å². The summed E-state index contributed by atoms with van der Waals surface area (Å²) in [5.41, 5.74) is 2.36. The van der Waals surface area contributed by atoms with Gasteiger partial charge in [0.1, 0.15) is 5.82 Å². The molecule has 2 heterocycles. The Kier molecular flexibility index (Phi) is 6.30. The molecule has 0 aromatic heterocycles. The zero-order valence-electron chi connectivity index (χ0n) is 17.4. The van der Waals surface area contributed by atoms with Gasteiger partial charge < -0.3 is 15.0 Å². The lowest BCUT2D eigenvalue weighted by molar-refractivity contribution is -0.148. The Labute approximate surface area is 184 Å². The van der Waals surface area contributed by atoms with Crippen LogP contribution in [0.1, 0.15) is 45.5 Å². The molecular weight excluding hydrogens is 415 g/mol. The van der Waals surface area contributed by atoms with Crippen LogP contribution in [0.25, 0.3) is 0 Å². The largest absolute Gasteiger partial charge is 0.457 e. The molecule has 0 aliphatic carbocycles. The number of likely N-dealkylation sites (tertiary alicyclic amines) is 1. The van der Waals surface area contributed by atoms with Crippen molar-refractivity contribution in [2.24, 2.45) is 5.92 Å². The van der Waals surface area contributed by atoms with Gasteiger partial charge in [-0.3, -0.25) is 19.2 Å².